The van der Waals surface area contributed by atoms with Crippen LogP contribution in [-0.4, -0.2) is 21.0 Å². The Morgan fingerprint density at radius 3 is 2.75 bits per heavy atom. The summed E-state index contributed by atoms with van der Waals surface area (Å²) < 4.78 is 6.85. The third kappa shape index (κ3) is 3.63. The molecule has 1 aliphatic rings. The number of hydrogen-bond acceptors (Lipinski definition) is 5. The van der Waals surface area contributed by atoms with E-state index < -0.39 is 4.92 Å². The summed E-state index contributed by atoms with van der Waals surface area (Å²) in [5.41, 5.74) is 2.49. The summed E-state index contributed by atoms with van der Waals surface area (Å²) in [6.07, 6.45) is 5.28. The lowest BCUT2D eigenvalue weighted by Crippen LogP contribution is -2.27. The molecule has 1 unspecified atom stereocenters. The summed E-state index contributed by atoms with van der Waals surface area (Å²) in [6, 6.07) is 12.6. The lowest BCUT2D eigenvalue weighted by Gasteiger charge is -2.32. The number of halogens is 1. The van der Waals surface area contributed by atoms with E-state index in [1.807, 2.05) is 37.3 Å². The lowest BCUT2D eigenvalue weighted by molar-refractivity contribution is -0.384. The largest absolute Gasteiger partial charge is 0.486 e. The molecular weight excluding hydrogens is 424 g/mol. The van der Waals surface area contributed by atoms with Gasteiger partial charge < -0.3 is 14.6 Å². The van der Waals surface area contributed by atoms with Crippen LogP contribution >= 0.6 is 15.9 Å². The predicted molar refractivity (Wildman–Crippen MR) is 110 cm³/mol. The first kappa shape index (κ1) is 18.2. The number of aromatic amines is 1. The molecule has 0 saturated heterocycles. The number of aromatic nitrogens is 2. The Morgan fingerprint density at radius 1 is 1.29 bits per heavy atom. The number of H-pyrrole nitrogens is 1. The number of imidazole rings is 1. The van der Waals surface area contributed by atoms with Crippen LogP contribution in [0.25, 0.3) is 5.70 Å². The summed E-state index contributed by atoms with van der Waals surface area (Å²) >= 11 is 3.47. The van der Waals surface area contributed by atoms with E-state index >= 15 is 0 Å². The Bertz CT molecular complexity index is 1030. The van der Waals surface area contributed by atoms with Gasteiger partial charge in [-0.2, -0.15) is 0 Å². The van der Waals surface area contributed by atoms with E-state index in [0.29, 0.717) is 17.9 Å². The summed E-state index contributed by atoms with van der Waals surface area (Å²) in [5.74, 6) is 1.41. The highest BCUT2D eigenvalue weighted by molar-refractivity contribution is 9.10. The summed E-state index contributed by atoms with van der Waals surface area (Å²) in [4.78, 5) is 20.4. The van der Waals surface area contributed by atoms with Crippen molar-refractivity contribution in [3.8, 4) is 5.75 Å². The van der Waals surface area contributed by atoms with Crippen LogP contribution in [0.4, 0.5) is 11.4 Å². The van der Waals surface area contributed by atoms with Crippen molar-refractivity contribution in [3.63, 3.8) is 0 Å². The first-order valence-electron chi connectivity index (χ1n) is 8.70. The van der Waals surface area contributed by atoms with Gasteiger partial charge in [0.05, 0.1) is 17.2 Å². The molecule has 4 rings (SSSR count). The smallest absolute Gasteiger partial charge is 0.270 e. The molecule has 28 heavy (non-hydrogen) atoms. The molecule has 142 valence electrons. The van der Waals surface area contributed by atoms with E-state index in [4.69, 9.17) is 4.74 Å². The van der Waals surface area contributed by atoms with Gasteiger partial charge in [0, 0.05) is 40.2 Å². The Morgan fingerprint density at radius 2 is 2.07 bits per heavy atom. The Hall–Kier alpha value is -3.13. The monoisotopic (exact) mass is 440 g/mol. The zero-order valence-corrected chi connectivity index (χ0v) is 16.6. The number of rotatable bonds is 5. The molecule has 0 spiro atoms. The standard InChI is InChI=1S/C20H17BrN4O3/c1-13-10-18(17-11-16(25(26)27)6-7-19(17)28-13)24(12-20-22-8-9-23-20)15-4-2-14(21)3-5-15/h2-11,13H,12H2,1H3,(H,22,23). The fraction of sp³-hybridized carbons (Fsp3) is 0.150. The summed E-state index contributed by atoms with van der Waals surface area (Å²) in [5, 5.41) is 11.3. The molecule has 2 aromatic carbocycles. The minimum atomic E-state index is -0.396. The molecule has 2 heterocycles. The first-order chi connectivity index (χ1) is 13.5. The number of fused-ring (bicyclic) bond motifs is 1. The Labute approximate surface area is 169 Å². The number of anilines is 1. The van der Waals surface area contributed by atoms with E-state index in [0.717, 1.165) is 21.7 Å². The molecule has 8 heteroatoms. The van der Waals surface area contributed by atoms with Gasteiger partial charge >= 0.3 is 0 Å². The van der Waals surface area contributed by atoms with Crippen molar-refractivity contribution in [1.82, 2.24) is 9.97 Å². The van der Waals surface area contributed by atoms with Gasteiger partial charge in [0.25, 0.3) is 5.69 Å². The maximum atomic E-state index is 11.3. The van der Waals surface area contributed by atoms with Crippen LogP contribution in [0, 0.1) is 10.1 Å². The quantitative estimate of drug-likeness (QED) is 0.449. The van der Waals surface area contributed by atoms with E-state index in [2.05, 4.69) is 30.8 Å². The van der Waals surface area contributed by atoms with Crippen molar-refractivity contribution < 1.29 is 9.66 Å². The molecule has 1 N–H and O–H groups in total. The minimum Gasteiger partial charge on any atom is -0.486 e. The number of non-ortho nitro benzene ring substituents is 1. The topological polar surface area (TPSA) is 84.3 Å². The lowest BCUT2D eigenvalue weighted by atomic mass is 10.0. The Balaban J connectivity index is 1.84. The second-order valence-corrected chi connectivity index (χ2v) is 7.33. The SMILES string of the molecule is CC1C=C(N(Cc2ncc[nH]2)c2ccc(Br)cc2)c2cc([N+](=O)[O-])ccc2O1. The normalized spacial score (nSPS) is 15.4. The van der Waals surface area contributed by atoms with Gasteiger partial charge in [-0.15, -0.1) is 0 Å². The molecule has 0 amide bonds. The Kier molecular flexibility index (Phi) is 4.87. The molecule has 1 aliphatic heterocycles. The molecule has 0 radical (unpaired) electrons. The molecule has 3 aromatic rings. The molecule has 0 saturated carbocycles. The number of nitrogens with zero attached hydrogens (tertiary/aromatic N) is 3. The van der Waals surface area contributed by atoms with Crippen LogP contribution in [0.5, 0.6) is 5.75 Å². The van der Waals surface area contributed by atoms with Crippen LogP contribution in [0.3, 0.4) is 0 Å². The molecule has 0 fully saturated rings. The molecule has 7 nitrogen and oxygen atoms in total. The summed E-state index contributed by atoms with van der Waals surface area (Å²) in [7, 11) is 0. The number of benzene rings is 2. The number of nitrogens with one attached hydrogen (secondary N) is 1. The van der Waals surface area contributed by atoms with E-state index in [9.17, 15) is 10.1 Å². The van der Waals surface area contributed by atoms with Crippen molar-refractivity contribution in [3.05, 3.63) is 86.9 Å². The van der Waals surface area contributed by atoms with Gasteiger partial charge in [-0.1, -0.05) is 15.9 Å². The highest BCUT2D eigenvalue weighted by Gasteiger charge is 2.26. The highest BCUT2D eigenvalue weighted by Crippen LogP contribution is 2.39. The fourth-order valence-electron chi connectivity index (χ4n) is 3.19. The van der Waals surface area contributed by atoms with Crippen molar-refractivity contribution >= 4 is 33.0 Å². The highest BCUT2D eigenvalue weighted by atomic mass is 79.9. The molecule has 0 bridgehead atoms. The number of nitro benzene ring substituents is 1. The molecule has 1 atom stereocenters. The number of ether oxygens (including phenoxy) is 1. The zero-order chi connectivity index (χ0) is 19.7. The van der Waals surface area contributed by atoms with Gasteiger partial charge in [0.1, 0.15) is 17.7 Å². The third-order valence-electron chi connectivity index (χ3n) is 4.45. The van der Waals surface area contributed by atoms with Gasteiger partial charge in [0.15, 0.2) is 0 Å². The van der Waals surface area contributed by atoms with E-state index in [1.165, 1.54) is 6.07 Å². The maximum Gasteiger partial charge on any atom is 0.270 e. The van der Waals surface area contributed by atoms with Crippen molar-refractivity contribution in [2.24, 2.45) is 0 Å². The second kappa shape index (κ2) is 7.47. The predicted octanol–water partition coefficient (Wildman–Crippen LogP) is 4.91. The van der Waals surface area contributed by atoms with Crippen LogP contribution in [0.1, 0.15) is 18.3 Å². The average Bonchev–Trinajstić information content (AvgIpc) is 3.19. The van der Waals surface area contributed by atoms with Crippen molar-refractivity contribution in [2.45, 2.75) is 19.6 Å². The fourth-order valence-corrected chi connectivity index (χ4v) is 3.45. The van der Waals surface area contributed by atoms with Crippen molar-refractivity contribution in [2.75, 3.05) is 4.90 Å². The average molecular weight is 441 g/mol. The second-order valence-electron chi connectivity index (χ2n) is 6.41. The first-order valence-corrected chi connectivity index (χ1v) is 9.49. The molecule has 1 aromatic heterocycles. The maximum absolute atomic E-state index is 11.3. The van der Waals surface area contributed by atoms with E-state index in [1.54, 1.807) is 24.5 Å². The number of hydrogen-bond donors (Lipinski definition) is 1. The molecular formula is C20H17BrN4O3. The zero-order valence-electron chi connectivity index (χ0n) is 15.0. The van der Waals surface area contributed by atoms with Crippen molar-refractivity contribution in [1.29, 1.82) is 0 Å². The number of nitro groups is 1. The van der Waals surface area contributed by atoms with Crippen LogP contribution in [0.2, 0.25) is 0 Å². The van der Waals surface area contributed by atoms with Crippen LogP contribution in [0.15, 0.2) is 65.4 Å². The third-order valence-corrected chi connectivity index (χ3v) is 4.98. The van der Waals surface area contributed by atoms with Gasteiger partial charge in [-0.05, 0) is 43.3 Å². The van der Waals surface area contributed by atoms with Crippen LogP contribution in [-0.2, 0) is 6.54 Å². The minimum absolute atomic E-state index is 0.0246. The molecule has 0 aliphatic carbocycles. The van der Waals surface area contributed by atoms with Crippen LogP contribution < -0.4 is 9.64 Å². The van der Waals surface area contributed by atoms with E-state index in [-0.39, 0.29) is 11.8 Å². The van der Waals surface area contributed by atoms with Gasteiger partial charge in [-0.25, -0.2) is 4.98 Å². The van der Waals surface area contributed by atoms with Gasteiger partial charge in [-0.3, -0.25) is 10.1 Å². The van der Waals surface area contributed by atoms with Gasteiger partial charge in [0.2, 0.25) is 0 Å². The summed E-state index contributed by atoms with van der Waals surface area (Å²) in [6.45, 7) is 2.42.